The molecule has 4 aliphatic rings. The topological polar surface area (TPSA) is 42.0 Å². The molecule has 0 spiro atoms. The number of amides is 1. The van der Waals surface area contributed by atoms with Crippen LogP contribution in [0, 0.1) is 38.0 Å². The van der Waals surface area contributed by atoms with Gasteiger partial charge in [-0.15, -0.1) is 0 Å². The molecule has 1 aromatic heterocycles. The van der Waals surface area contributed by atoms with E-state index in [4.69, 9.17) is 23.2 Å². The summed E-state index contributed by atoms with van der Waals surface area (Å²) in [4.78, 5) is 17.6. The molecule has 3 nitrogen and oxygen atoms in total. The third-order valence-corrected chi connectivity index (χ3v) is 7.05. The Morgan fingerprint density at radius 3 is 2.43 bits per heavy atom. The number of carbonyl (C=O) groups is 1. The Balaban J connectivity index is 0.000000980. The second-order valence-corrected chi connectivity index (χ2v) is 9.37. The number of hydrogen-bond acceptors (Lipinski definition) is 3. The summed E-state index contributed by atoms with van der Waals surface area (Å²) in [6.07, 6.45) is 6.55. The molecule has 0 aliphatic heterocycles. The molecule has 4 fully saturated rings. The number of rotatable bonds is 2. The standard InChI is InChI=1S/C18H16Cl2N2OS.2CH3.2Au/c19-12-4-13(20)15-14(5-12)24-17(21-15)22-16(23)18-6-9-1-10(7-18)3-11(2-9)8-18;;;;/h4-5,9H,1-3,6-8H2,(H,21,22,23);2*1H3;;/q-2;2*-1;;. The predicted octanol–water partition coefficient (Wildman–Crippen LogP) is 6.57. The SMILES string of the molecule is O=C(Nc1nc2c(Cl)cc(Cl)cc2s1)C12C[C-]3C[C-](CC(C3)C1)C2.[Au].[Au].[CH3-].[CH3-]. The Morgan fingerprint density at radius 1 is 1.18 bits per heavy atom. The van der Waals surface area contributed by atoms with Crippen molar-refractivity contribution < 1.29 is 49.6 Å². The van der Waals surface area contributed by atoms with E-state index in [1.54, 1.807) is 17.9 Å². The minimum Gasteiger partial charge on any atom is -0.358 e. The van der Waals surface area contributed by atoms with Crippen molar-refractivity contribution in [3.63, 3.8) is 0 Å². The van der Waals surface area contributed by atoms with E-state index in [-0.39, 0.29) is 70.9 Å². The monoisotopic (exact) mass is 802 g/mol. The van der Waals surface area contributed by atoms with Crippen LogP contribution in [0.5, 0.6) is 0 Å². The molecule has 1 amide bonds. The Bertz CT molecular complexity index is 823. The molecule has 6 rings (SSSR count). The summed E-state index contributed by atoms with van der Waals surface area (Å²) >= 11 is 13.7. The molecule has 28 heavy (non-hydrogen) atoms. The van der Waals surface area contributed by atoms with E-state index in [2.05, 4.69) is 10.3 Å². The first-order valence-electron chi connectivity index (χ1n) is 8.25. The van der Waals surface area contributed by atoms with Crippen molar-refractivity contribution in [2.75, 3.05) is 5.32 Å². The van der Waals surface area contributed by atoms with Gasteiger partial charge in [0.15, 0.2) is 5.13 Å². The number of fused-ring (bicyclic) bond motifs is 1. The summed E-state index contributed by atoms with van der Waals surface area (Å²) < 4.78 is 0.900. The molecule has 0 saturated heterocycles. The number of hydrogen-bond donors (Lipinski definition) is 1. The van der Waals surface area contributed by atoms with Crippen LogP contribution < -0.4 is 5.32 Å². The second kappa shape index (κ2) is 9.84. The van der Waals surface area contributed by atoms with E-state index in [1.807, 2.05) is 6.07 Å². The van der Waals surface area contributed by atoms with Gasteiger partial charge >= 0.3 is 0 Å². The molecule has 1 N–H and O–H groups in total. The van der Waals surface area contributed by atoms with Crippen molar-refractivity contribution >= 4 is 55.8 Å². The Labute approximate surface area is 212 Å². The van der Waals surface area contributed by atoms with Crippen LogP contribution >= 0.6 is 34.5 Å². The molecule has 4 saturated carbocycles. The largest absolute Gasteiger partial charge is 0.358 e. The third-order valence-electron chi connectivity index (χ3n) is 5.63. The van der Waals surface area contributed by atoms with E-state index in [9.17, 15) is 4.79 Å². The Morgan fingerprint density at radius 2 is 1.82 bits per heavy atom. The number of halogens is 2. The minimum atomic E-state index is -0.233. The molecule has 1 aromatic carbocycles. The first-order valence-corrected chi connectivity index (χ1v) is 9.82. The van der Waals surface area contributed by atoms with Crippen LogP contribution in [0.3, 0.4) is 0 Å². The summed E-state index contributed by atoms with van der Waals surface area (Å²) in [5.74, 6) is 3.96. The Hall–Kier alpha value is 0.641. The van der Waals surface area contributed by atoms with Crippen molar-refractivity contribution in [3.05, 3.63) is 48.9 Å². The second-order valence-electron chi connectivity index (χ2n) is 7.50. The van der Waals surface area contributed by atoms with E-state index in [0.29, 0.717) is 26.6 Å². The van der Waals surface area contributed by atoms with E-state index < -0.39 is 0 Å². The molecular formula is C20H22Au2Cl2N2OS-4. The maximum Gasteiger partial charge on any atom is 0.227 e. The molecule has 4 aliphatic carbocycles. The van der Waals surface area contributed by atoms with Gasteiger partial charge in [-0.3, -0.25) is 4.79 Å². The average Bonchev–Trinajstić information content (AvgIpc) is 2.88. The summed E-state index contributed by atoms with van der Waals surface area (Å²) in [6, 6.07) is 3.52. The van der Waals surface area contributed by atoms with Crippen LogP contribution in [0.1, 0.15) is 38.5 Å². The molecule has 2 radical (unpaired) electrons. The smallest absolute Gasteiger partial charge is 0.227 e. The summed E-state index contributed by atoms with van der Waals surface area (Å²) in [5, 5.41) is 4.80. The maximum atomic E-state index is 13.1. The van der Waals surface area contributed by atoms with Gasteiger partial charge in [0.1, 0.15) is 5.52 Å². The number of aromatic nitrogens is 1. The zero-order valence-electron chi connectivity index (χ0n) is 15.6. The first-order chi connectivity index (χ1) is 11.5. The quantitative estimate of drug-likeness (QED) is 0.276. The number of thiazole rings is 1. The van der Waals surface area contributed by atoms with E-state index in [0.717, 1.165) is 24.0 Å². The Kier molecular flexibility index (Phi) is 9.38. The zero-order valence-corrected chi connectivity index (χ0v) is 22.3. The minimum absolute atomic E-state index is 0. The molecule has 0 atom stereocenters. The third kappa shape index (κ3) is 4.61. The van der Waals surface area contributed by atoms with Crippen LogP contribution in [-0.2, 0) is 49.6 Å². The molecule has 1 heterocycles. The summed E-state index contributed by atoms with van der Waals surface area (Å²) in [6.45, 7) is 0. The molecule has 0 unspecified atom stereocenters. The molecule has 164 valence electrons. The van der Waals surface area contributed by atoms with Crippen molar-refractivity contribution in [2.24, 2.45) is 11.3 Å². The van der Waals surface area contributed by atoms with Crippen LogP contribution in [0.15, 0.2) is 12.1 Å². The fourth-order valence-corrected chi connectivity index (χ4v) is 6.59. The van der Waals surface area contributed by atoms with Gasteiger partial charge < -0.3 is 38.4 Å². The average molecular weight is 803 g/mol. The number of nitrogens with zero attached hydrogens (tertiary/aromatic N) is 1. The summed E-state index contributed by atoms with van der Waals surface area (Å²) in [7, 11) is 0. The van der Waals surface area contributed by atoms with Gasteiger partial charge in [-0.2, -0.15) is 25.7 Å². The van der Waals surface area contributed by atoms with Gasteiger partial charge in [-0.25, -0.2) is 4.98 Å². The molecular weight excluding hydrogens is 781 g/mol. The van der Waals surface area contributed by atoms with Gasteiger partial charge in [0, 0.05) is 49.8 Å². The van der Waals surface area contributed by atoms with E-state index >= 15 is 0 Å². The van der Waals surface area contributed by atoms with Crippen molar-refractivity contribution in [1.29, 1.82) is 0 Å². The number of carbonyl (C=O) groups excluding carboxylic acids is 1. The molecule has 2 aromatic rings. The number of anilines is 1. The number of benzene rings is 1. The fraction of sp³-hybridized carbons (Fsp3) is 0.400. The first kappa shape index (κ1) is 26.7. The molecule has 4 bridgehead atoms. The van der Waals surface area contributed by atoms with Crippen LogP contribution in [0.25, 0.3) is 10.2 Å². The normalized spacial score (nSPS) is 25.3. The van der Waals surface area contributed by atoms with Gasteiger partial charge in [-0.05, 0) is 24.0 Å². The zero-order chi connectivity index (χ0) is 16.5. The van der Waals surface area contributed by atoms with Crippen LogP contribution in [-0.4, -0.2) is 10.9 Å². The van der Waals surface area contributed by atoms with Gasteiger partial charge in [0.2, 0.25) is 5.91 Å². The van der Waals surface area contributed by atoms with Gasteiger partial charge in [-0.1, -0.05) is 40.5 Å². The van der Waals surface area contributed by atoms with Crippen molar-refractivity contribution in [2.45, 2.75) is 38.5 Å². The van der Waals surface area contributed by atoms with Crippen molar-refractivity contribution in [3.8, 4) is 0 Å². The van der Waals surface area contributed by atoms with E-state index in [1.165, 1.54) is 30.6 Å². The maximum absolute atomic E-state index is 13.1. The molecule has 8 heteroatoms. The number of nitrogens with one attached hydrogen (secondary N) is 1. The van der Waals surface area contributed by atoms with Crippen LogP contribution in [0.2, 0.25) is 10.0 Å². The fourth-order valence-electron chi connectivity index (χ4n) is 5.01. The van der Waals surface area contributed by atoms with Crippen molar-refractivity contribution in [1.82, 2.24) is 4.98 Å². The predicted molar refractivity (Wildman–Crippen MR) is 111 cm³/mol. The van der Waals surface area contributed by atoms with Crippen LogP contribution in [0.4, 0.5) is 5.13 Å². The van der Waals surface area contributed by atoms with Gasteiger partial charge in [0.25, 0.3) is 0 Å². The van der Waals surface area contributed by atoms with Gasteiger partial charge in [0.05, 0.1) is 9.72 Å². The summed E-state index contributed by atoms with van der Waals surface area (Å²) in [5.41, 5.74) is 0.472.